The maximum Gasteiger partial charge on any atom is 0.0534 e. The summed E-state index contributed by atoms with van der Waals surface area (Å²) in [5, 5.41) is 1.28. The molecule has 0 amide bonds. The highest BCUT2D eigenvalue weighted by molar-refractivity contribution is 5.88. The zero-order valence-electron chi connectivity index (χ0n) is 31.8. The molecular weight excluding hydrogens is 629 g/mol. The third-order valence-corrected chi connectivity index (χ3v) is 11.0. The van der Waals surface area contributed by atoms with Gasteiger partial charge in [0, 0.05) is 50.9 Å². The van der Waals surface area contributed by atoms with Crippen LogP contribution in [0.3, 0.4) is 0 Å². The Labute approximate surface area is 311 Å². The minimum absolute atomic E-state index is 0.175. The van der Waals surface area contributed by atoms with Gasteiger partial charge in [0.1, 0.15) is 0 Å². The van der Waals surface area contributed by atoms with Crippen molar-refractivity contribution in [3.8, 4) is 5.69 Å². The molecule has 262 valence electrons. The topological polar surface area (TPSA) is 9.86 Å². The van der Waals surface area contributed by atoms with Gasteiger partial charge in [-0.05, 0) is 90.1 Å². The van der Waals surface area contributed by atoms with E-state index in [0.717, 1.165) is 24.2 Å². The molecule has 1 aliphatic carbocycles. The summed E-state index contributed by atoms with van der Waals surface area (Å²) < 4.78 is 4.74. The summed E-state index contributed by atoms with van der Waals surface area (Å²) >= 11 is 0. The summed E-state index contributed by atoms with van der Waals surface area (Å²) in [6.07, 6.45) is 26.4. The first-order valence-electron chi connectivity index (χ1n) is 18.3. The van der Waals surface area contributed by atoms with Gasteiger partial charge in [-0.3, -0.25) is 0 Å². The number of fused-ring (bicyclic) bond motifs is 2. The van der Waals surface area contributed by atoms with Gasteiger partial charge in [-0.15, -0.1) is 0 Å². The lowest BCUT2D eigenvalue weighted by molar-refractivity contribution is 0.626. The van der Waals surface area contributed by atoms with E-state index in [-0.39, 0.29) is 10.8 Å². The van der Waals surface area contributed by atoms with Crippen LogP contribution in [0.4, 0.5) is 0 Å². The van der Waals surface area contributed by atoms with Gasteiger partial charge in [0.2, 0.25) is 0 Å². The van der Waals surface area contributed by atoms with E-state index in [4.69, 9.17) is 0 Å². The Bertz CT molecular complexity index is 2280. The molecule has 0 spiro atoms. The largest absolute Gasteiger partial charge is 0.337 e. The highest BCUT2D eigenvalue weighted by Gasteiger charge is 2.27. The standard InChI is InChI=1S/C50H52N2/c1-10-12-23-45-37(4)43-22-17-18-25-47(43)51(45)35-19-20-36(3)49(6,7)39-27-29-40(30-28-39)50(8,9)41-31-33-42(34-32-41)52-46(24-13-11-2)38(5)44-21-15-14-16-26-48(44)52/h10-13,15-34H,1-3,14,35H2,4-9H3/b20-19-,23-12-,24-13-. The van der Waals surface area contributed by atoms with E-state index in [0.29, 0.717) is 0 Å². The van der Waals surface area contributed by atoms with Crippen LogP contribution in [0.1, 0.15) is 84.6 Å². The van der Waals surface area contributed by atoms with E-state index >= 15 is 0 Å². The molecule has 52 heavy (non-hydrogen) atoms. The van der Waals surface area contributed by atoms with Crippen molar-refractivity contribution < 1.29 is 0 Å². The van der Waals surface area contributed by atoms with Gasteiger partial charge in [0.25, 0.3) is 0 Å². The maximum atomic E-state index is 4.54. The van der Waals surface area contributed by atoms with E-state index in [9.17, 15) is 0 Å². The fraction of sp³-hybridized carbons (Fsp3) is 0.200. The van der Waals surface area contributed by atoms with E-state index in [2.05, 4.69) is 192 Å². The lowest BCUT2D eigenvalue weighted by atomic mass is 9.74. The molecule has 2 aromatic heterocycles. The Morgan fingerprint density at radius 2 is 1.33 bits per heavy atom. The number of aromatic nitrogens is 2. The predicted octanol–water partition coefficient (Wildman–Crippen LogP) is 13.3. The molecule has 6 rings (SSSR count). The van der Waals surface area contributed by atoms with Crippen LogP contribution in [0.2, 0.25) is 0 Å². The number of nitrogens with zero attached hydrogens (tertiary/aromatic N) is 2. The molecule has 0 aliphatic heterocycles. The molecule has 0 fully saturated rings. The van der Waals surface area contributed by atoms with Crippen molar-refractivity contribution in [2.24, 2.45) is 0 Å². The first kappa shape index (κ1) is 36.2. The van der Waals surface area contributed by atoms with Crippen molar-refractivity contribution in [3.63, 3.8) is 0 Å². The fourth-order valence-corrected chi connectivity index (χ4v) is 7.46. The highest BCUT2D eigenvalue weighted by Crippen LogP contribution is 2.37. The third-order valence-electron chi connectivity index (χ3n) is 11.0. The second kappa shape index (κ2) is 14.9. The summed E-state index contributed by atoms with van der Waals surface area (Å²) in [6.45, 7) is 26.6. The molecule has 3 aromatic carbocycles. The number of rotatable bonds is 12. The quantitative estimate of drug-likeness (QED) is 0.116. The minimum atomic E-state index is -0.227. The monoisotopic (exact) mass is 680 g/mol. The van der Waals surface area contributed by atoms with Crippen LogP contribution in [0.15, 0.2) is 147 Å². The predicted molar refractivity (Wildman–Crippen MR) is 228 cm³/mol. The van der Waals surface area contributed by atoms with E-state index in [1.807, 2.05) is 24.3 Å². The first-order chi connectivity index (χ1) is 25.0. The molecule has 0 saturated carbocycles. The van der Waals surface area contributed by atoms with Gasteiger partial charge in [-0.2, -0.15) is 0 Å². The van der Waals surface area contributed by atoms with Crippen LogP contribution >= 0.6 is 0 Å². The maximum absolute atomic E-state index is 4.54. The Kier molecular flexibility index (Phi) is 10.4. The van der Waals surface area contributed by atoms with Gasteiger partial charge in [-0.1, -0.05) is 157 Å². The summed E-state index contributed by atoms with van der Waals surface area (Å²) in [5.41, 5.74) is 14.3. The fourth-order valence-electron chi connectivity index (χ4n) is 7.46. The zero-order valence-corrected chi connectivity index (χ0v) is 31.8. The molecule has 2 heteroatoms. The van der Waals surface area contributed by atoms with Crippen LogP contribution < -0.4 is 0 Å². The van der Waals surface area contributed by atoms with Crippen LogP contribution in [-0.4, -0.2) is 9.13 Å². The molecule has 0 bridgehead atoms. The summed E-state index contributed by atoms with van der Waals surface area (Å²) in [5.74, 6) is 0. The average Bonchev–Trinajstić information content (AvgIpc) is 3.42. The smallest absolute Gasteiger partial charge is 0.0534 e. The van der Waals surface area contributed by atoms with E-state index in [1.165, 1.54) is 61.4 Å². The van der Waals surface area contributed by atoms with Crippen LogP contribution in [-0.2, 0) is 17.4 Å². The van der Waals surface area contributed by atoms with Crippen molar-refractivity contribution in [1.82, 2.24) is 9.13 Å². The molecule has 0 N–H and O–H groups in total. The van der Waals surface area contributed by atoms with Gasteiger partial charge < -0.3 is 9.13 Å². The number of hydrogen-bond acceptors (Lipinski definition) is 0. The molecule has 2 heterocycles. The number of benzene rings is 3. The Morgan fingerprint density at radius 1 is 0.731 bits per heavy atom. The second-order valence-electron chi connectivity index (χ2n) is 14.8. The molecule has 0 radical (unpaired) electrons. The third kappa shape index (κ3) is 6.74. The van der Waals surface area contributed by atoms with Gasteiger partial charge in [0.05, 0.1) is 5.69 Å². The molecule has 0 saturated heterocycles. The lowest BCUT2D eigenvalue weighted by Gasteiger charge is -2.30. The van der Waals surface area contributed by atoms with Crippen molar-refractivity contribution in [2.75, 3.05) is 0 Å². The SMILES string of the molecule is C=C/C=C\c1c(C)c2c(n1-c1ccc(C(C)(C)c3ccc(C(C)(C)C(=C)/C=C\Cn4c(/C=C\C=C)c(C)c5ccccc54)cc3)cc1)C=CCC=C2. The number of hydrogen-bond donors (Lipinski definition) is 0. The van der Waals surface area contributed by atoms with Crippen molar-refractivity contribution >= 4 is 35.2 Å². The number of para-hydroxylation sites is 1. The average molecular weight is 681 g/mol. The van der Waals surface area contributed by atoms with Crippen LogP contribution in [0.5, 0.6) is 0 Å². The van der Waals surface area contributed by atoms with E-state index < -0.39 is 0 Å². The Balaban J connectivity index is 1.22. The van der Waals surface area contributed by atoms with Crippen LogP contribution in [0, 0.1) is 13.8 Å². The van der Waals surface area contributed by atoms with Gasteiger partial charge in [-0.25, -0.2) is 0 Å². The molecule has 1 aliphatic rings. The molecule has 5 aromatic rings. The minimum Gasteiger partial charge on any atom is -0.337 e. The zero-order chi connectivity index (χ0) is 37.0. The van der Waals surface area contributed by atoms with E-state index in [1.54, 1.807) is 0 Å². The molecular formula is C50H52N2. The first-order valence-corrected chi connectivity index (χ1v) is 18.3. The summed E-state index contributed by atoms with van der Waals surface area (Å²) in [6, 6.07) is 26.8. The molecule has 2 nitrogen and oxygen atoms in total. The van der Waals surface area contributed by atoms with Gasteiger partial charge in [0.15, 0.2) is 0 Å². The molecule has 0 atom stereocenters. The Morgan fingerprint density at radius 3 is 2.00 bits per heavy atom. The second-order valence-corrected chi connectivity index (χ2v) is 14.8. The normalized spacial score (nSPS) is 13.4. The lowest BCUT2D eigenvalue weighted by Crippen LogP contribution is -2.21. The van der Waals surface area contributed by atoms with Crippen molar-refractivity contribution in [2.45, 2.75) is 65.3 Å². The summed E-state index contributed by atoms with van der Waals surface area (Å²) in [7, 11) is 0. The van der Waals surface area contributed by atoms with Crippen molar-refractivity contribution in [3.05, 3.63) is 197 Å². The van der Waals surface area contributed by atoms with Gasteiger partial charge >= 0.3 is 0 Å². The molecule has 0 unspecified atom stereocenters. The highest BCUT2D eigenvalue weighted by atomic mass is 15.0. The summed E-state index contributed by atoms with van der Waals surface area (Å²) in [4.78, 5) is 0. The van der Waals surface area contributed by atoms with Crippen LogP contribution in [0.25, 0.3) is 40.9 Å². The Hall–Kier alpha value is -5.60. The van der Waals surface area contributed by atoms with Crippen molar-refractivity contribution in [1.29, 1.82) is 0 Å². The number of allylic oxidation sites excluding steroid dienone is 9. The number of aryl methyl sites for hydroxylation is 1.